The van der Waals surface area contributed by atoms with E-state index in [2.05, 4.69) is 13.5 Å². The molecule has 0 rings (SSSR count). The van der Waals surface area contributed by atoms with Gasteiger partial charge in [0.05, 0.1) is 0 Å². The van der Waals surface area contributed by atoms with E-state index in [-0.39, 0.29) is 0 Å². The topological polar surface area (TPSA) is 27.7 Å². The minimum atomic E-state index is -2.67. The molecule has 0 saturated heterocycles. The van der Waals surface area contributed by atoms with E-state index in [1.54, 1.807) is 0 Å². The molecule has 0 amide bonds. The molecule has 0 unspecified atom stereocenters. The predicted molar refractivity (Wildman–Crippen MR) is 87.8 cm³/mol. The lowest BCUT2D eigenvalue weighted by molar-refractivity contribution is 0.0798. The van der Waals surface area contributed by atoms with Crippen LogP contribution in [-0.2, 0) is 13.3 Å². The number of rotatable bonds is 14. The number of hydrogen-bond acceptors (Lipinski definition) is 3. The van der Waals surface area contributed by atoms with Gasteiger partial charge in [0.2, 0.25) is 0 Å². The Kier molecular flexibility index (Phi) is 12.5. The molecule has 0 aliphatic carbocycles. The Labute approximate surface area is 127 Å². The second-order valence-corrected chi connectivity index (χ2v) is 7.66. The molecule has 0 N–H and O–H groups in total. The fourth-order valence-corrected chi connectivity index (χ4v) is 4.76. The Balaban J connectivity index is 4.25. The van der Waals surface area contributed by atoms with Crippen LogP contribution in [0.3, 0.4) is 0 Å². The van der Waals surface area contributed by atoms with Crippen LogP contribution in [0.2, 0.25) is 0 Å². The summed E-state index contributed by atoms with van der Waals surface area (Å²) >= 11 is 0. The van der Waals surface area contributed by atoms with Gasteiger partial charge in [-0.1, -0.05) is 45.6 Å². The first-order valence-corrected chi connectivity index (χ1v) is 9.99. The summed E-state index contributed by atoms with van der Waals surface area (Å²) in [5.41, 5.74) is 0. The molecule has 0 aliphatic heterocycles. The molecule has 4 heteroatoms. The summed E-state index contributed by atoms with van der Waals surface area (Å²) in [6.45, 7) is 14.2. The summed E-state index contributed by atoms with van der Waals surface area (Å²) in [5.74, 6) is 0. The van der Waals surface area contributed by atoms with Gasteiger partial charge in [0.25, 0.3) is 0 Å². The Morgan fingerprint density at radius 2 is 1.20 bits per heavy atom. The van der Waals surface area contributed by atoms with Crippen molar-refractivity contribution in [2.45, 2.75) is 72.6 Å². The van der Waals surface area contributed by atoms with Crippen molar-refractivity contribution in [3.63, 3.8) is 0 Å². The molecule has 20 heavy (non-hydrogen) atoms. The lowest BCUT2D eigenvalue weighted by atomic mass is 10.1. The zero-order chi connectivity index (χ0) is 15.3. The van der Waals surface area contributed by atoms with Crippen LogP contribution in [0, 0.1) is 0 Å². The van der Waals surface area contributed by atoms with Crippen LogP contribution < -0.4 is 0 Å². The molecule has 0 aromatic carbocycles. The van der Waals surface area contributed by atoms with Gasteiger partial charge in [0.1, 0.15) is 0 Å². The van der Waals surface area contributed by atoms with E-state index in [1.807, 2.05) is 20.8 Å². The third-order valence-corrected chi connectivity index (χ3v) is 6.39. The van der Waals surface area contributed by atoms with Crippen molar-refractivity contribution < 1.29 is 13.3 Å². The third-order valence-electron chi connectivity index (χ3n) is 3.27. The average Bonchev–Trinajstić information content (AvgIpc) is 2.43. The molecule has 0 atom stereocenters. The largest absolute Gasteiger partial charge is 0.532 e. The highest BCUT2D eigenvalue weighted by molar-refractivity contribution is 6.68. The van der Waals surface area contributed by atoms with Gasteiger partial charge >= 0.3 is 8.80 Å². The van der Waals surface area contributed by atoms with Crippen LogP contribution in [0.25, 0.3) is 0 Å². The molecule has 120 valence electrons. The summed E-state index contributed by atoms with van der Waals surface area (Å²) in [5, 5.41) is 1.04. The lowest BCUT2D eigenvalue weighted by Gasteiger charge is -2.30. The molecule has 0 bridgehead atoms. The number of allylic oxidation sites excluding steroid dienone is 1. The van der Waals surface area contributed by atoms with E-state index in [1.165, 1.54) is 32.1 Å². The van der Waals surface area contributed by atoms with Crippen molar-refractivity contribution >= 4 is 8.80 Å². The van der Waals surface area contributed by atoms with Crippen molar-refractivity contribution in [2.24, 2.45) is 0 Å². The van der Waals surface area contributed by atoms with Gasteiger partial charge in [0, 0.05) is 19.8 Å². The lowest BCUT2D eigenvalue weighted by Crippen LogP contribution is -2.48. The molecule has 0 saturated carbocycles. The summed E-state index contributed by atoms with van der Waals surface area (Å²) in [6.07, 6.45) is 8.66. The highest BCUT2D eigenvalue weighted by Crippen LogP contribution is 2.24. The maximum absolute atomic E-state index is 5.86. The van der Waals surface area contributed by atoms with E-state index in [9.17, 15) is 0 Å². The summed E-state index contributed by atoms with van der Waals surface area (Å²) in [7, 11) is -2.67. The highest BCUT2D eigenvalue weighted by atomic mass is 28.4. The maximum Gasteiger partial charge on any atom is 0.532 e. The van der Waals surface area contributed by atoms with Crippen LogP contribution in [-0.4, -0.2) is 28.6 Å². The molecular weight excluding hydrogens is 268 g/mol. The summed E-state index contributed by atoms with van der Waals surface area (Å²) < 4.78 is 17.6. The molecule has 0 aliphatic rings. The molecule has 0 aromatic rings. The standard InChI is InChI=1S/C16H34O3Si/c1-6-10-11-12-13-14-15-16(5)20(17-7-2,18-8-3)19-9-4/h5-15H2,1-4H3. The quantitative estimate of drug-likeness (QED) is 0.338. The van der Waals surface area contributed by atoms with Crippen molar-refractivity contribution in [1.29, 1.82) is 0 Å². The van der Waals surface area contributed by atoms with Crippen LogP contribution in [0.1, 0.15) is 72.6 Å². The monoisotopic (exact) mass is 302 g/mol. The highest BCUT2D eigenvalue weighted by Gasteiger charge is 2.43. The van der Waals surface area contributed by atoms with E-state index < -0.39 is 8.80 Å². The Hall–Kier alpha value is -0.163. The summed E-state index contributed by atoms with van der Waals surface area (Å²) in [6, 6.07) is 0. The van der Waals surface area contributed by atoms with Gasteiger partial charge in [-0.2, -0.15) is 0 Å². The van der Waals surface area contributed by atoms with Gasteiger partial charge in [-0.05, 0) is 38.8 Å². The first-order valence-electron chi connectivity index (χ1n) is 8.26. The zero-order valence-electron chi connectivity index (χ0n) is 14.0. The molecule has 3 nitrogen and oxygen atoms in total. The third kappa shape index (κ3) is 7.57. The Morgan fingerprint density at radius 3 is 1.65 bits per heavy atom. The molecular formula is C16H34O3Si. The predicted octanol–water partition coefficient (Wildman–Crippen LogP) is 4.88. The Bertz CT molecular complexity index is 227. The second kappa shape index (κ2) is 12.6. The smallest absolute Gasteiger partial charge is 0.371 e. The SMILES string of the molecule is C=C(CCCCCCCC)[Si](OCC)(OCC)OCC. The van der Waals surface area contributed by atoms with Crippen molar-refractivity contribution in [1.82, 2.24) is 0 Å². The van der Waals surface area contributed by atoms with Crippen molar-refractivity contribution in [3.8, 4) is 0 Å². The molecule has 0 aromatic heterocycles. The van der Waals surface area contributed by atoms with Crippen molar-refractivity contribution in [3.05, 3.63) is 11.8 Å². The van der Waals surface area contributed by atoms with Crippen LogP contribution in [0.15, 0.2) is 11.8 Å². The van der Waals surface area contributed by atoms with Gasteiger partial charge in [-0.25, -0.2) is 0 Å². The van der Waals surface area contributed by atoms with E-state index in [0.717, 1.165) is 18.0 Å². The number of hydrogen-bond donors (Lipinski definition) is 0. The molecule has 0 spiro atoms. The van der Waals surface area contributed by atoms with E-state index in [0.29, 0.717) is 19.8 Å². The maximum atomic E-state index is 5.86. The average molecular weight is 303 g/mol. The van der Waals surface area contributed by atoms with Crippen LogP contribution in [0.5, 0.6) is 0 Å². The van der Waals surface area contributed by atoms with Crippen LogP contribution in [0.4, 0.5) is 0 Å². The Morgan fingerprint density at radius 1 is 0.750 bits per heavy atom. The fraction of sp³-hybridized carbons (Fsp3) is 0.875. The van der Waals surface area contributed by atoms with Gasteiger partial charge in [-0.15, -0.1) is 0 Å². The molecule has 0 heterocycles. The molecule has 0 radical (unpaired) electrons. The van der Waals surface area contributed by atoms with Crippen LogP contribution >= 0.6 is 0 Å². The van der Waals surface area contributed by atoms with E-state index in [4.69, 9.17) is 13.3 Å². The summed E-state index contributed by atoms with van der Waals surface area (Å²) in [4.78, 5) is 0. The molecule has 0 fully saturated rings. The first-order chi connectivity index (χ1) is 9.66. The van der Waals surface area contributed by atoms with Crippen molar-refractivity contribution in [2.75, 3.05) is 19.8 Å². The van der Waals surface area contributed by atoms with Gasteiger partial charge in [-0.3, -0.25) is 0 Å². The second-order valence-electron chi connectivity index (χ2n) is 4.98. The first kappa shape index (κ1) is 19.8. The van der Waals surface area contributed by atoms with E-state index >= 15 is 0 Å². The zero-order valence-corrected chi connectivity index (χ0v) is 15.0. The fourth-order valence-electron chi connectivity index (χ4n) is 2.27. The van der Waals surface area contributed by atoms with Gasteiger partial charge < -0.3 is 13.3 Å². The normalized spacial score (nSPS) is 11.8. The minimum absolute atomic E-state index is 0.613. The minimum Gasteiger partial charge on any atom is -0.371 e. The van der Waals surface area contributed by atoms with Gasteiger partial charge in [0.15, 0.2) is 0 Å². The number of unbranched alkanes of at least 4 members (excludes halogenated alkanes) is 5.